The molecule has 0 fully saturated rings. The monoisotopic (exact) mass is 459 g/mol. The summed E-state index contributed by atoms with van der Waals surface area (Å²) in [7, 11) is 7.75. The Labute approximate surface area is 199 Å². The molecule has 1 aromatic heterocycles. The first kappa shape index (κ1) is 24.5. The van der Waals surface area contributed by atoms with E-state index in [0.29, 0.717) is 24.0 Å². The fraction of sp³-hybridized carbons (Fsp3) is 0.308. The summed E-state index contributed by atoms with van der Waals surface area (Å²) in [5.41, 5.74) is 3.93. The van der Waals surface area contributed by atoms with Crippen LogP contribution < -0.4 is 15.1 Å². The van der Waals surface area contributed by atoms with Crippen molar-refractivity contribution in [2.24, 2.45) is 0 Å². The zero-order valence-corrected chi connectivity index (χ0v) is 20.2. The Bertz CT molecular complexity index is 1310. The molecule has 3 aromatic rings. The smallest absolute Gasteiger partial charge is 0.348 e. The van der Waals surface area contributed by atoms with Crippen molar-refractivity contribution in [1.29, 1.82) is 5.26 Å². The van der Waals surface area contributed by atoms with E-state index in [1.807, 2.05) is 74.4 Å². The second-order valence-corrected chi connectivity index (χ2v) is 8.37. The summed E-state index contributed by atoms with van der Waals surface area (Å²) in [6.07, 6.45) is 2.01. The van der Waals surface area contributed by atoms with Crippen LogP contribution in [0.5, 0.6) is 0 Å². The van der Waals surface area contributed by atoms with E-state index in [-0.39, 0.29) is 18.1 Å². The van der Waals surface area contributed by atoms with Crippen molar-refractivity contribution in [3.05, 3.63) is 47.5 Å². The number of esters is 1. The Hall–Kier alpha value is -4.12. The minimum absolute atomic E-state index is 0.102. The lowest BCUT2D eigenvalue weighted by Gasteiger charge is -2.18. The normalized spacial score (nSPS) is 11.2. The number of hydrogen-bond acceptors (Lipinski definition) is 7. The van der Waals surface area contributed by atoms with Gasteiger partial charge in [-0.2, -0.15) is 5.26 Å². The van der Waals surface area contributed by atoms with E-state index >= 15 is 0 Å². The van der Waals surface area contributed by atoms with Gasteiger partial charge in [-0.05, 0) is 36.8 Å². The van der Waals surface area contributed by atoms with E-state index in [4.69, 9.17) is 9.72 Å². The zero-order chi connectivity index (χ0) is 24.8. The van der Waals surface area contributed by atoms with Crippen molar-refractivity contribution in [3.63, 3.8) is 0 Å². The van der Waals surface area contributed by atoms with Crippen LogP contribution in [-0.2, 0) is 14.3 Å². The average Bonchev–Trinajstić information content (AvgIpc) is 2.79. The topological polar surface area (TPSA) is 98.6 Å². The molecule has 0 aliphatic rings. The lowest BCUT2D eigenvalue weighted by atomic mass is 10.0. The highest BCUT2D eigenvalue weighted by Crippen LogP contribution is 2.32. The lowest BCUT2D eigenvalue weighted by molar-refractivity contribution is -0.138. The average molecular weight is 460 g/mol. The van der Waals surface area contributed by atoms with E-state index < -0.39 is 5.97 Å². The van der Waals surface area contributed by atoms with Gasteiger partial charge in [-0.1, -0.05) is 12.1 Å². The number of carbonyl (C=O) groups excluding carboxylic acids is 2. The Kier molecular flexibility index (Phi) is 7.69. The lowest BCUT2D eigenvalue weighted by Crippen LogP contribution is -2.22. The number of fused-ring (bicyclic) bond motifs is 2. The van der Waals surface area contributed by atoms with Gasteiger partial charge in [0, 0.05) is 69.4 Å². The van der Waals surface area contributed by atoms with Gasteiger partial charge in [0.1, 0.15) is 11.6 Å². The van der Waals surface area contributed by atoms with E-state index in [0.717, 1.165) is 27.7 Å². The molecule has 1 amide bonds. The molecule has 34 heavy (non-hydrogen) atoms. The van der Waals surface area contributed by atoms with Crippen LogP contribution in [0.25, 0.3) is 27.9 Å². The van der Waals surface area contributed by atoms with Gasteiger partial charge >= 0.3 is 5.97 Å². The highest BCUT2D eigenvalue weighted by Gasteiger charge is 2.16. The summed E-state index contributed by atoms with van der Waals surface area (Å²) in [5, 5.41) is 14.2. The van der Waals surface area contributed by atoms with Gasteiger partial charge in [0.15, 0.2) is 0 Å². The second-order valence-electron chi connectivity index (χ2n) is 8.37. The van der Waals surface area contributed by atoms with Crippen LogP contribution in [0.15, 0.2) is 42.0 Å². The van der Waals surface area contributed by atoms with Crippen molar-refractivity contribution in [2.75, 3.05) is 51.1 Å². The molecule has 0 bridgehead atoms. The Balaban J connectivity index is 2.04. The van der Waals surface area contributed by atoms with Gasteiger partial charge < -0.3 is 19.9 Å². The quantitative estimate of drug-likeness (QED) is 0.181. The number of nitriles is 1. The molecule has 0 aliphatic carbocycles. The van der Waals surface area contributed by atoms with Gasteiger partial charge in [0.2, 0.25) is 5.91 Å². The fourth-order valence-electron chi connectivity index (χ4n) is 3.57. The van der Waals surface area contributed by atoms with Gasteiger partial charge in [-0.3, -0.25) is 4.79 Å². The molecule has 0 aliphatic heterocycles. The number of pyridine rings is 1. The Morgan fingerprint density at radius 3 is 2.47 bits per heavy atom. The summed E-state index contributed by atoms with van der Waals surface area (Å²) in [6, 6.07) is 14.0. The molecule has 0 radical (unpaired) electrons. The molecule has 0 unspecified atom stereocenters. The first-order chi connectivity index (χ1) is 16.2. The summed E-state index contributed by atoms with van der Waals surface area (Å²) in [5.74, 6) is -0.850. The minimum Gasteiger partial charge on any atom is -0.462 e. The van der Waals surface area contributed by atoms with Crippen molar-refractivity contribution in [3.8, 4) is 6.07 Å². The molecule has 8 nitrogen and oxygen atoms in total. The largest absolute Gasteiger partial charge is 0.462 e. The van der Waals surface area contributed by atoms with Crippen molar-refractivity contribution >= 4 is 51.1 Å². The molecular weight excluding hydrogens is 430 g/mol. The van der Waals surface area contributed by atoms with Crippen molar-refractivity contribution in [1.82, 2.24) is 10.3 Å². The van der Waals surface area contributed by atoms with Crippen LogP contribution in [0.2, 0.25) is 0 Å². The summed E-state index contributed by atoms with van der Waals surface area (Å²) in [6.45, 7) is 1.92. The molecular formula is C26H29N5O3. The molecule has 0 spiro atoms. The maximum absolute atomic E-state index is 12.6. The van der Waals surface area contributed by atoms with Crippen LogP contribution in [0, 0.1) is 11.3 Å². The molecule has 3 rings (SSSR count). The predicted octanol–water partition coefficient (Wildman–Crippen LogP) is 3.50. The molecule has 2 aromatic carbocycles. The maximum atomic E-state index is 12.6. The number of aromatic nitrogens is 1. The standard InChI is InChI=1S/C26H29N5O3/c1-17(32)28-11-6-12-34-26(33)20(16-27)14-22-24(31(4)5)10-8-19-13-18-7-9-21(30(2)3)15-23(18)29-25(19)22/h7-10,13-15H,6,11-12H2,1-5H3,(H,28,32)/b20-14+. The fourth-order valence-corrected chi connectivity index (χ4v) is 3.57. The number of carbonyl (C=O) groups is 2. The first-order valence-electron chi connectivity index (χ1n) is 11.0. The van der Waals surface area contributed by atoms with Crippen LogP contribution in [0.1, 0.15) is 18.9 Å². The first-order valence-corrected chi connectivity index (χ1v) is 11.0. The van der Waals surface area contributed by atoms with Crippen molar-refractivity contribution in [2.45, 2.75) is 13.3 Å². The van der Waals surface area contributed by atoms with E-state index in [1.165, 1.54) is 6.92 Å². The Morgan fingerprint density at radius 1 is 1.09 bits per heavy atom. The van der Waals surface area contributed by atoms with Gasteiger partial charge in [-0.15, -0.1) is 0 Å². The molecule has 1 N–H and O–H groups in total. The maximum Gasteiger partial charge on any atom is 0.348 e. The number of amides is 1. The van der Waals surface area contributed by atoms with Gasteiger partial charge in [0.25, 0.3) is 0 Å². The number of nitrogens with one attached hydrogen (secondary N) is 1. The molecule has 0 saturated carbocycles. The number of hydrogen-bond donors (Lipinski definition) is 1. The van der Waals surface area contributed by atoms with Crippen LogP contribution >= 0.6 is 0 Å². The zero-order valence-electron chi connectivity index (χ0n) is 20.2. The van der Waals surface area contributed by atoms with E-state index in [1.54, 1.807) is 6.08 Å². The number of rotatable bonds is 8. The van der Waals surface area contributed by atoms with E-state index in [2.05, 4.69) is 11.4 Å². The molecule has 1 heterocycles. The third kappa shape index (κ3) is 5.62. The van der Waals surface area contributed by atoms with Crippen LogP contribution in [0.3, 0.4) is 0 Å². The van der Waals surface area contributed by atoms with Crippen molar-refractivity contribution < 1.29 is 14.3 Å². The molecule has 8 heteroatoms. The highest BCUT2D eigenvalue weighted by atomic mass is 16.5. The summed E-state index contributed by atoms with van der Waals surface area (Å²) < 4.78 is 5.25. The molecule has 176 valence electrons. The highest BCUT2D eigenvalue weighted by molar-refractivity contribution is 6.05. The molecule has 0 saturated heterocycles. The van der Waals surface area contributed by atoms with Gasteiger partial charge in [0.05, 0.1) is 17.6 Å². The summed E-state index contributed by atoms with van der Waals surface area (Å²) in [4.78, 5) is 32.4. The van der Waals surface area contributed by atoms with Crippen LogP contribution in [-0.4, -0.2) is 58.2 Å². The number of anilines is 2. The van der Waals surface area contributed by atoms with Crippen LogP contribution in [0.4, 0.5) is 11.4 Å². The molecule has 0 atom stereocenters. The number of nitrogens with zero attached hydrogens (tertiary/aromatic N) is 4. The third-order valence-electron chi connectivity index (χ3n) is 5.34. The summed E-state index contributed by atoms with van der Waals surface area (Å²) >= 11 is 0. The SMILES string of the molecule is CC(=O)NCCCOC(=O)/C(C#N)=C/c1c(N(C)C)ccc2cc3ccc(N(C)C)cc3nc12. The number of benzene rings is 2. The number of ether oxygens (including phenoxy) is 1. The third-order valence-corrected chi connectivity index (χ3v) is 5.34. The minimum atomic E-state index is -0.706. The second kappa shape index (κ2) is 10.7. The van der Waals surface area contributed by atoms with E-state index in [9.17, 15) is 14.9 Å². The predicted molar refractivity (Wildman–Crippen MR) is 136 cm³/mol. The Morgan fingerprint density at radius 2 is 1.82 bits per heavy atom. The van der Waals surface area contributed by atoms with Gasteiger partial charge in [-0.25, -0.2) is 9.78 Å².